The van der Waals surface area contributed by atoms with Gasteiger partial charge in [0, 0.05) is 18.5 Å². The molecule has 1 aliphatic rings. The fourth-order valence-corrected chi connectivity index (χ4v) is 2.56. The van der Waals surface area contributed by atoms with Crippen molar-refractivity contribution in [3.05, 3.63) is 0 Å². The topological polar surface area (TPSA) is 46.3 Å². The summed E-state index contributed by atoms with van der Waals surface area (Å²) < 4.78 is 0. The molecule has 0 aromatic heterocycles. The zero-order valence-corrected chi connectivity index (χ0v) is 11.0. The lowest BCUT2D eigenvalue weighted by atomic mass is 9.87. The van der Waals surface area contributed by atoms with Crippen molar-refractivity contribution in [1.29, 1.82) is 0 Å². The lowest BCUT2D eigenvalue weighted by Gasteiger charge is -2.32. The predicted octanol–water partition coefficient (Wildman–Crippen LogP) is 2.01. The van der Waals surface area contributed by atoms with Gasteiger partial charge >= 0.3 is 0 Å². The van der Waals surface area contributed by atoms with Crippen LogP contribution in [0, 0.1) is 11.3 Å². The van der Waals surface area contributed by atoms with Crippen LogP contribution in [-0.4, -0.2) is 30.4 Å². The number of nitrogens with two attached hydrogens (primary N) is 1. The second-order valence-electron chi connectivity index (χ2n) is 5.45. The van der Waals surface area contributed by atoms with Gasteiger partial charge < -0.3 is 10.6 Å². The van der Waals surface area contributed by atoms with Gasteiger partial charge in [-0.25, -0.2) is 0 Å². The largest absolute Gasteiger partial charge is 0.342 e. The summed E-state index contributed by atoms with van der Waals surface area (Å²) in [7, 11) is 0. The average molecular weight is 226 g/mol. The molecule has 0 saturated heterocycles. The van der Waals surface area contributed by atoms with E-state index >= 15 is 0 Å². The van der Waals surface area contributed by atoms with Gasteiger partial charge in [-0.15, -0.1) is 0 Å². The minimum atomic E-state index is -0.0929. The molecule has 1 fully saturated rings. The van der Waals surface area contributed by atoms with Crippen LogP contribution in [0.3, 0.4) is 0 Å². The lowest BCUT2D eigenvalue weighted by molar-refractivity contribution is -0.141. The highest BCUT2D eigenvalue weighted by molar-refractivity contribution is 5.82. The summed E-state index contributed by atoms with van der Waals surface area (Å²) in [4.78, 5) is 14.4. The Morgan fingerprint density at radius 1 is 1.44 bits per heavy atom. The summed E-state index contributed by atoms with van der Waals surface area (Å²) in [6, 6.07) is 0. The van der Waals surface area contributed by atoms with Gasteiger partial charge in [0.1, 0.15) is 0 Å². The smallest absolute Gasteiger partial charge is 0.228 e. The van der Waals surface area contributed by atoms with Crippen LogP contribution in [0.2, 0.25) is 0 Å². The van der Waals surface area contributed by atoms with Crippen molar-refractivity contribution in [3.8, 4) is 0 Å². The number of rotatable bonds is 5. The zero-order chi connectivity index (χ0) is 12.2. The van der Waals surface area contributed by atoms with Crippen molar-refractivity contribution in [2.24, 2.45) is 17.1 Å². The Labute approximate surface area is 99.4 Å². The van der Waals surface area contributed by atoms with Gasteiger partial charge in [-0.3, -0.25) is 4.79 Å². The molecule has 0 heterocycles. The summed E-state index contributed by atoms with van der Waals surface area (Å²) in [5.41, 5.74) is 5.53. The van der Waals surface area contributed by atoms with E-state index in [-0.39, 0.29) is 5.41 Å². The monoisotopic (exact) mass is 226 g/mol. The molecule has 0 bridgehead atoms. The van der Waals surface area contributed by atoms with Gasteiger partial charge in [0.2, 0.25) is 5.91 Å². The molecule has 2 N–H and O–H groups in total. The highest BCUT2D eigenvalue weighted by Gasteiger charge is 2.38. The molecular weight excluding hydrogens is 200 g/mol. The van der Waals surface area contributed by atoms with Gasteiger partial charge in [-0.1, -0.05) is 26.7 Å². The van der Waals surface area contributed by atoms with E-state index in [1.807, 2.05) is 4.90 Å². The molecule has 1 saturated carbocycles. The van der Waals surface area contributed by atoms with Crippen LogP contribution in [0.15, 0.2) is 0 Å². The Balaban J connectivity index is 2.61. The molecule has 3 heteroatoms. The molecule has 0 radical (unpaired) electrons. The third-order valence-electron chi connectivity index (χ3n) is 3.83. The Kier molecular flexibility index (Phi) is 4.78. The highest BCUT2D eigenvalue weighted by atomic mass is 16.2. The third kappa shape index (κ3) is 2.97. The third-order valence-corrected chi connectivity index (χ3v) is 3.83. The minimum absolute atomic E-state index is 0.0929. The summed E-state index contributed by atoms with van der Waals surface area (Å²) in [6.45, 7) is 8.55. The second kappa shape index (κ2) is 5.67. The lowest BCUT2D eigenvalue weighted by Crippen LogP contribution is -2.44. The fraction of sp³-hybridized carbons (Fsp3) is 0.923. The van der Waals surface area contributed by atoms with E-state index in [4.69, 9.17) is 5.73 Å². The maximum Gasteiger partial charge on any atom is 0.228 e. The fourth-order valence-electron chi connectivity index (χ4n) is 2.56. The van der Waals surface area contributed by atoms with E-state index in [1.165, 1.54) is 12.8 Å². The summed E-state index contributed by atoms with van der Waals surface area (Å²) in [6.07, 6.45) is 4.51. The highest BCUT2D eigenvalue weighted by Crippen LogP contribution is 2.39. The van der Waals surface area contributed by atoms with E-state index in [1.54, 1.807) is 0 Å². The van der Waals surface area contributed by atoms with E-state index in [2.05, 4.69) is 20.8 Å². The molecule has 94 valence electrons. The van der Waals surface area contributed by atoms with Gasteiger partial charge in [0.05, 0.1) is 0 Å². The van der Waals surface area contributed by atoms with Crippen LogP contribution in [0.1, 0.15) is 46.5 Å². The average Bonchev–Trinajstić information content (AvgIpc) is 2.73. The van der Waals surface area contributed by atoms with Crippen molar-refractivity contribution in [2.75, 3.05) is 19.6 Å². The Morgan fingerprint density at radius 2 is 2.00 bits per heavy atom. The predicted molar refractivity (Wildman–Crippen MR) is 67.0 cm³/mol. The standard InChI is InChI=1S/C13H26N2O/c1-4-15(10-11(2)9-14)12(16)13(3)7-5-6-8-13/h11H,4-10,14H2,1-3H3. The van der Waals surface area contributed by atoms with Crippen LogP contribution < -0.4 is 5.73 Å². The molecular formula is C13H26N2O. The maximum atomic E-state index is 12.4. The Morgan fingerprint density at radius 3 is 2.44 bits per heavy atom. The number of amides is 1. The summed E-state index contributed by atoms with van der Waals surface area (Å²) in [5, 5.41) is 0. The molecule has 16 heavy (non-hydrogen) atoms. The first kappa shape index (κ1) is 13.5. The van der Waals surface area contributed by atoms with Crippen molar-refractivity contribution in [3.63, 3.8) is 0 Å². The molecule has 1 rings (SSSR count). The van der Waals surface area contributed by atoms with Crippen LogP contribution >= 0.6 is 0 Å². The number of carbonyl (C=O) groups excluding carboxylic acids is 1. The van der Waals surface area contributed by atoms with Crippen molar-refractivity contribution >= 4 is 5.91 Å². The zero-order valence-electron chi connectivity index (χ0n) is 11.0. The SMILES string of the molecule is CCN(CC(C)CN)C(=O)C1(C)CCCC1. The number of hydrogen-bond acceptors (Lipinski definition) is 2. The minimum Gasteiger partial charge on any atom is -0.342 e. The summed E-state index contributed by atoms with van der Waals surface area (Å²) in [5.74, 6) is 0.738. The van der Waals surface area contributed by atoms with Crippen LogP contribution in [0.25, 0.3) is 0 Å². The number of carbonyl (C=O) groups is 1. The molecule has 1 unspecified atom stereocenters. The molecule has 0 aliphatic heterocycles. The first-order chi connectivity index (χ1) is 7.53. The molecule has 1 aliphatic carbocycles. The molecule has 0 aromatic rings. The first-order valence-corrected chi connectivity index (χ1v) is 6.53. The first-order valence-electron chi connectivity index (χ1n) is 6.53. The maximum absolute atomic E-state index is 12.4. The molecule has 0 aromatic carbocycles. The molecule has 3 nitrogen and oxygen atoms in total. The van der Waals surface area contributed by atoms with Crippen LogP contribution in [-0.2, 0) is 4.79 Å². The van der Waals surface area contributed by atoms with Crippen molar-refractivity contribution in [1.82, 2.24) is 4.90 Å². The summed E-state index contributed by atoms with van der Waals surface area (Å²) >= 11 is 0. The molecule has 1 atom stereocenters. The van der Waals surface area contributed by atoms with E-state index in [9.17, 15) is 4.79 Å². The van der Waals surface area contributed by atoms with Crippen molar-refractivity contribution < 1.29 is 4.79 Å². The number of hydrogen-bond donors (Lipinski definition) is 1. The quantitative estimate of drug-likeness (QED) is 0.779. The molecule has 1 amide bonds. The van der Waals surface area contributed by atoms with E-state index in [0.29, 0.717) is 18.4 Å². The Hall–Kier alpha value is -0.570. The Bertz CT molecular complexity index is 234. The van der Waals surface area contributed by atoms with E-state index in [0.717, 1.165) is 25.9 Å². The van der Waals surface area contributed by atoms with Gasteiger partial charge in [0.25, 0.3) is 0 Å². The van der Waals surface area contributed by atoms with Crippen LogP contribution in [0.5, 0.6) is 0 Å². The molecule has 0 spiro atoms. The normalized spacial score (nSPS) is 20.8. The van der Waals surface area contributed by atoms with Gasteiger partial charge in [-0.2, -0.15) is 0 Å². The van der Waals surface area contributed by atoms with Crippen molar-refractivity contribution in [2.45, 2.75) is 46.5 Å². The number of nitrogens with zero attached hydrogens (tertiary/aromatic N) is 1. The van der Waals surface area contributed by atoms with Gasteiger partial charge in [0.15, 0.2) is 0 Å². The van der Waals surface area contributed by atoms with E-state index < -0.39 is 0 Å². The van der Waals surface area contributed by atoms with Gasteiger partial charge in [-0.05, 0) is 32.2 Å². The second-order valence-corrected chi connectivity index (χ2v) is 5.45. The van der Waals surface area contributed by atoms with Crippen LogP contribution in [0.4, 0.5) is 0 Å².